The van der Waals surface area contributed by atoms with Gasteiger partial charge in [0.15, 0.2) is 6.29 Å². The summed E-state index contributed by atoms with van der Waals surface area (Å²) in [5.41, 5.74) is 8.89. The topological polar surface area (TPSA) is 117 Å². The number of ether oxygens (including phenoxy) is 2. The lowest BCUT2D eigenvalue weighted by molar-refractivity contribution is -0.266. The molecule has 0 spiro atoms. The van der Waals surface area contributed by atoms with Gasteiger partial charge in [-0.1, -0.05) is 86.5 Å². The molecule has 0 saturated carbocycles. The van der Waals surface area contributed by atoms with Crippen molar-refractivity contribution in [3.8, 4) is 0 Å². The van der Waals surface area contributed by atoms with E-state index >= 15 is 0 Å². The summed E-state index contributed by atoms with van der Waals surface area (Å²) in [4.78, 5) is 2.77. The maximum atomic E-state index is 10.8. The van der Waals surface area contributed by atoms with E-state index in [0.717, 1.165) is 10.4 Å². The molecule has 8 nitrogen and oxygen atoms in total. The Kier molecular flexibility index (Phi) is 7.74. The first-order valence-corrected chi connectivity index (χ1v) is 12.5. The zero-order valence-corrected chi connectivity index (χ0v) is 19.8. The number of rotatable bonds is 7. The molecule has 1 fully saturated rings. The molecule has 3 rings (SSSR count). The second-order valence-electron chi connectivity index (χ2n) is 8.93. The maximum absolute atomic E-state index is 10.8. The molecule has 5 atom stereocenters. The molecule has 0 unspecified atom stereocenters. The lowest BCUT2D eigenvalue weighted by atomic mass is 9.97. The Bertz CT molecular complexity index is 879. The molecule has 2 aromatic carbocycles. The predicted molar refractivity (Wildman–Crippen MR) is 124 cm³/mol. The Hall–Kier alpha value is -2.23. The van der Waals surface area contributed by atoms with Gasteiger partial charge in [0.05, 0.1) is 18.8 Å². The molecule has 32 heavy (non-hydrogen) atoms. The Morgan fingerprint density at radius 2 is 1.53 bits per heavy atom. The minimum atomic E-state index is -2.85. The van der Waals surface area contributed by atoms with Crippen LogP contribution in [0.25, 0.3) is 10.4 Å². The monoisotopic (exact) mass is 457 g/mol. The van der Waals surface area contributed by atoms with E-state index in [4.69, 9.17) is 19.4 Å². The number of methoxy groups -OCH3 is 1. The lowest BCUT2D eigenvalue weighted by Gasteiger charge is -2.45. The molecule has 1 aliphatic rings. The van der Waals surface area contributed by atoms with Gasteiger partial charge in [0.1, 0.15) is 12.2 Å². The molecule has 0 aromatic heterocycles. The highest BCUT2D eigenvalue weighted by molar-refractivity contribution is 6.99. The van der Waals surface area contributed by atoms with Crippen LogP contribution in [0.1, 0.15) is 20.8 Å². The number of azide groups is 1. The van der Waals surface area contributed by atoms with Crippen molar-refractivity contribution in [3.63, 3.8) is 0 Å². The second-order valence-corrected chi connectivity index (χ2v) is 13.2. The summed E-state index contributed by atoms with van der Waals surface area (Å²) in [5, 5.41) is 26.7. The quantitative estimate of drug-likeness (QED) is 0.286. The summed E-state index contributed by atoms with van der Waals surface area (Å²) in [6.45, 7) is 6.50. The average molecular weight is 458 g/mol. The van der Waals surface area contributed by atoms with Crippen LogP contribution < -0.4 is 10.4 Å². The van der Waals surface area contributed by atoms with Gasteiger partial charge in [-0.15, -0.1) is 0 Å². The molecular weight excluding hydrogens is 426 g/mol. The molecule has 1 aliphatic heterocycles. The van der Waals surface area contributed by atoms with Crippen molar-refractivity contribution in [3.05, 3.63) is 71.1 Å². The highest BCUT2D eigenvalue weighted by Crippen LogP contribution is 2.37. The largest absolute Gasteiger partial charge is 0.405 e. The van der Waals surface area contributed by atoms with Crippen LogP contribution in [0, 0.1) is 0 Å². The SMILES string of the molecule is CO[C@H]1O[C@H](CO[Si](c2ccccc2)(c2ccccc2)C(C)(C)C)[C@@H](O)[C@@H](N=[N+]=[N-])[C@@H]1O. The van der Waals surface area contributed by atoms with Crippen LogP contribution in [0.15, 0.2) is 65.8 Å². The standard InChI is InChI=1S/C23H31N3O5Si/c1-23(2,3)32(16-11-7-5-8-12-16,17-13-9-6-10-14-17)30-15-18-20(27)19(25-26-24)21(28)22(29-4)31-18/h5-14,18-22,27-28H,15H2,1-4H3/t18-,19-,20-,21+,22+/m1/s1. The Balaban J connectivity index is 2.02. The molecule has 0 bridgehead atoms. The summed E-state index contributed by atoms with van der Waals surface area (Å²) >= 11 is 0. The maximum Gasteiger partial charge on any atom is 0.261 e. The number of aliphatic hydroxyl groups is 2. The third kappa shape index (κ3) is 4.60. The molecule has 1 saturated heterocycles. The summed E-state index contributed by atoms with van der Waals surface area (Å²) in [6, 6.07) is 19.1. The fraction of sp³-hybridized carbons (Fsp3) is 0.478. The van der Waals surface area contributed by atoms with Crippen molar-refractivity contribution in [2.45, 2.75) is 56.5 Å². The first-order chi connectivity index (χ1) is 15.3. The minimum Gasteiger partial charge on any atom is -0.405 e. The van der Waals surface area contributed by atoms with Gasteiger partial charge in [0.2, 0.25) is 0 Å². The second kappa shape index (κ2) is 10.1. The van der Waals surface area contributed by atoms with Gasteiger partial charge in [0.25, 0.3) is 8.32 Å². The smallest absolute Gasteiger partial charge is 0.261 e. The number of hydrogen-bond donors (Lipinski definition) is 2. The molecule has 0 aliphatic carbocycles. The van der Waals surface area contributed by atoms with Crippen LogP contribution >= 0.6 is 0 Å². The lowest BCUT2D eigenvalue weighted by Crippen LogP contribution is -2.68. The fourth-order valence-electron chi connectivity index (χ4n) is 4.41. The zero-order valence-electron chi connectivity index (χ0n) is 18.8. The number of nitrogens with zero attached hydrogens (tertiary/aromatic N) is 3. The van der Waals surface area contributed by atoms with Gasteiger partial charge in [-0.2, -0.15) is 0 Å². The third-order valence-corrected chi connectivity index (χ3v) is 11.0. The van der Waals surface area contributed by atoms with Gasteiger partial charge in [-0.25, -0.2) is 0 Å². The highest BCUT2D eigenvalue weighted by Gasteiger charge is 2.52. The first-order valence-electron chi connectivity index (χ1n) is 10.6. The molecule has 2 aromatic rings. The van der Waals surface area contributed by atoms with E-state index < -0.39 is 39.0 Å². The van der Waals surface area contributed by atoms with Gasteiger partial charge in [0, 0.05) is 12.0 Å². The van der Waals surface area contributed by atoms with Crippen molar-refractivity contribution in [2.75, 3.05) is 13.7 Å². The number of aliphatic hydroxyl groups excluding tert-OH is 2. The van der Waals surface area contributed by atoms with Crippen LogP contribution in [0.5, 0.6) is 0 Å². The molecule has 172 valence electrons. The Labute approximate surface area is 189 Å². The van der Waals surface area contributed by atoms with Gasteiger partial charge in [-0.3, -0.25) is 0 Å². The van der Waals surface area contributed by atoms with E-state index in [9.17, 15) is 10.2 Å². The summed E-state index contributed by atoms with van der Waals surface area (Å²) < 4.78 is 17.8. The fourth-order valence-corrected chi connectivity index (χ4v) is 8.98. The van der Waals surface area contributed by atoms with Crippen molar-refractivity contribution < 1.29 is 24.1 Å². The molecule has 0 amide bonds. The van der Waals surface area contributed by atoms with E-state index in [1.807, 2.05) is 36.4 Å². The normalized spacial score (nSPS) is 26.4. The van der Waals surface area contributed by atoms with Gasteiger partial charge in [-0.05, 0) is 20.9 Å². The molecular formula is C23H31N3O5Si. The Morgan fingerprint density at radius 3 is 1.97 bits per heavy atom. The van der Waals surface area contributed by atoms with Gasteiger partial charge < -0.3 is 24.1 Å². The molecule has 1 heterocycles. The van der Waals surface area contributed by atoms with Crippen molar-refractivity contribution in [2.24, 2.45) is 5.11 Å². The van der Waals surface area contributed by atoms with E-state index in [1.165, 1.54) is 7.11 Å². The first kappa shape index (κ1) is 24.4. The average Bonchev–Trinajstić information content (AvgIpc) is 2.79. The van der Waals surface area contributed by atoms with Crippen LogP contribution in [0.4, 0.5) is 0 Å². The third-order valence-electron chi connectivity index (χ3n) is 5.97. The van der Waals surface area contributed by atoms with E-state index in [-0.39, 0.29) is 11.6 Å². The van der Waals surface area contributed by atoms with Crippen LogP contribution in [-0.2, 0) is 13.9 Å². The van der Waals surface area contributed by atoms with Crippen LogP contribution in [0.2, 0.25) is 5.04 Å². The number of benzene rings is 2. The highest BCUT2D eigenvalue weighted by atomic mass is 28.4. The van der Waals surface area contributed by atoms with E-state index in [1.54, 1.807) is 0 Å². The number of hydrogen-bond acceptors (Lipinski definition) is 6. The summed E-state index contributed by atoms with van der Waals surface area (Å²) in [5.74, 6) is 0. The van der Waals surface area contributed by atoms with Gasteiger partial charge >= 0.3 is 0 Å². The van der Waals surface area contributed by atoms with Crippen LogP contribution in [-0.4, -0.2) is 62.9 Å². The summed E-state index contributed by atoms with van der Waals surface area (Å²) in [6.07, 6.45) is -4.41. The minimum absolute atomic E-state index is 0.0402. The molecule has 2 N–H and O–H groups in total. The van der Waals surface area contributed by atoms with Crippen molar-refractivity contribution in [1.82, 2.24) is 0 Å². The van der Waals surface area contributed by atoms with Crippen molar-refractivity contribution in [1.29, 1.82) is 0 Å². The van der Waals surface area contributed by atoms with Crippen LogP contribution in [0.3, 0.4) is 0 Å². The van der Waals surface area contributed by atoms with E-state index in [2.05, 4.69) is 55.1 Å². The molecule has 9 heteroatoms. The van der Waals surface area contributed by atoms with E-state index in [0.29, 0.717) is 0 Å². The zero-order chi connectivity index (χ0) is 23.4. The Morgan fingerprint density at radius 1 is 1.00 bits per heavy atom. The summed E-state index contributed by atoms with van der Waals surface area (Å²) in [7, 11) is -1.46. The van der Waals surface area contributed by atoms with Crippen molar-refractivity contribution >= 4 is 18.7 Å². The predicted octanol–water partition coefficient (Wildman–Crippen LogP) is 2.33. The molecule has 0 radical (unpaired) electrons.